The van der Waals surface area contributed by atoms with Crippen LogP contribution in [0.25, 0.3) is 0 Å². The van der Waals surface area contributed by atoms with Gasteiger partial charge in [-0.05, 0) is 44.0 Å². The van der Waals surface area contributed by atoms with Crippen LogP contribution in [0.3, 0.4) is 0 Å². The lowest BCUT2D eigenvalue weighted by Gasteiger charge is -2.41. The zero-order valence-electron chi connectivity index (χ0n) is 18.3. The fourth-order valence-corrected chi connectivity index (χ4v) is 4.21. The van der Waals surface area contributed by atoms with E-state index in [4.69, 9.17) is 0 Å². The molecule has 2 heterocycles. The number of carbonyl (C=O) groups excluding carboxylic acids is 2. The molecule has 2 aromatic carbocycles. The second-order valence-corrected chi connectivity index (χ2v) is 9.14. The minimum absolute atomic E-state index is 0.0366. The molecule has 1 aromatic heterocycles. The number of nitrogens with one attached hydrogen (secondary N) is 1. The van der Waals surface area contributed by atoms with Crippen molar-refractivity contribution in [2.75, 3.05) is 0 Å². The van der Waals surface area contributed by atoms with Gasteiger partial charge in [0.2, 0.25) is 11.8 Å². The summed E-state index contributed by atoms with van der Waals surface area (Å²) >= 11 is 0. The van der Waals surface area contributed by atoms with E-state index >= 15 is 0 Å². The van der Waals surface area contributed by atoms with Crippen LogP contribution in [0.1, 0.15) is 49.7 Å². The topological polar surface area (TPSA) is 54.3 Å². The summed E-state index contributed by atoms with van der Waals surface area (Å²) in [6.07, 6.45) is 2.50. The summed E-state index contributed by atoms with van der Waals surface area (Å²) in [5.41, 5.74) is 2.55. The lowest BCUT2D eigenvalue weighted by Crippen LogP contribution is -2.53. The molecule has 0 aliphatic carbocycles. The summed E-state index contributed by atoms with van der Waals surface area (Å²) in [5.74, 6) is -0.194. The monoisotopic (exact) mass is 415 g/mol. The molecule has 0 spiro atoms. The van der Waals surface area contributed by atoms with Crippen molar-refractivity contribution in [1.82, 2.24) is 14.8 Å². The highest BCUT2D eigenvalue weighted by Crippen LogP contribution is 2.35. The van der Waals surface area contributed by atoms with E-state index in [0.717, 1.165) is 16.8 Å². The average Bonchev–Trinajstić information content (AvgIpc) is 3.20. The largest absolute Gasteiger partial charge is 0.349 e. The van der Waals surface area contributed by atoms with E-state index in [-0.39, 0.29) is 17.9 Å². The van der Waals surface area contributed by atoms with Gasteiger partial charge in [-0.15, -0.1) is 0 Å². The van der Waals surface area contributed by atoms with Crippen molar-refractivity contribution >= 4 is 11.8 Å². The van der Waals surface area contributed by atoms with E-state index in [2.05, 4.69) is 5.32 Å². The van der Waals surface area contributed by atoms with Gasteiger partial charge in [0, 0.05) is 24.7 Å². The van der Waals surface area contributed by atoms with Crippen LogP contribution in [0.15, 0.2) is 79.0 Å². The second kappa shape index (κ2) is 8.42. The van der Waals surface area contributed by atoms with Gasteiger partial charge in [0.1, 0.15) is 6.04 Å². The molecule has 31 heavy (non-hydrogen) atoms. The van der Waals surface area contributed by atoms with Crippen LogP contribution in [0.4, 0.5) is 0 Å². The smallest absolute Gasteiger partial charge is 0.249 e. The quantitative estimate of drug-likeness (QED) is 0.677. The Hall–Kier alpha value is -3.34. The molecule has 0 bridgehead atoms. The maximum atomic E-state index is 13.8. The van der Waals surface area contributed by atoms with Crippen LogP contribution < -0.4 is 5.32 Å². The van der Waals surface area contributed by atoms with Crippen LogP contribution >= 0.6 is 0 Å². The lowest BCUT2D eigenvalue weighted by molar-refractivity contribution is -0.147. The average molecular weight is 416 g/mol. The second-order valence-electron chi connectivity index (χ2n) is 9.14. The molecule has 5 heteroatoms. The van der Waals surface area contributed by atoms with Crippen molar-refractivity contribution in [3.8, 4) is 0 Å². The highest BCUT2D eigenvalue weighted by atomic mass is 16.2. The molecular weight excluding hydrogens is 386 g/mol. The highest BCUT2D eigenvalue weighted by molar-refractivity contribution is 5.92. The summed E-state index contributed by atoms with van der Waals surface area (Å²) in [7, 11) is 0. The van der Waals surface area contributed by atoms with Crippen molar-refractivity contribution in [2.24, 2.45) is 0 Å². The SMILES string of the molecule is CC(C)(C)NC(=O)[C@H]1c2cccn2[C@@H](Cc2ccccc2)C(=O)N1Cc1ccccc1. The van der Waals surface area contributed by atoms with E-state index in [9.17, 15) is 9.59 Å². The fraction of sp³-hybridized carbons (Fsp3) is 0.308. The van der Waals surface area contributed by atoms with Gasteiger partial charge in [-0.1, -0.05) is 60.7 Å². The fourth-order valence-electron chi connectivity index (χ4n) is 4.21. The van der Waals surface area contributed by atoms with E-state index in [0.29, 0.717) is 13.0 Å². The molecule has 3 aromatic rings. The molecule has 0 unspecified atom stereocenters. The first-order valence-corrected chi connectivity index (χ1v) is 10.7. The predicted octanol–water partition coefficient (Wildman–Crippen LogP) is 4.27. The number of hydrogen-bond acceptors (Lipinski definition) is 2. The van der Waals surface area contributed by atoms with E-state index in [1.807, 2.05) is 104 Å². The molecule has 0 saturated heterocycles. The van der Waals surface area contributed by atoms with E-state index < -0.39 is 11.6 Å². The van der Waals surface area contributed by atoms with Crippen LogP contribution in [-0.2, 0) is 22.6 Å². The minimum atomic E-state index is -0.672. The number of amides is 2. The Bertz CT molecular complexity index is 1050. The molecule has 2 amide bonds. The Morgan fingerprint density at radius 3 is 2.13 bits per heavy atom. The Kier molecular flexibility index (Phi) is 5.68. The molecule has 160 valence electrons. The Morgan fingerprint density at radius 2 is 1.52 bits per heavy atom. The Labute approximate surface area is 183 Å². The standard InChI is InChI=1S/C26H29N3O2/c1-26(2,3)27-24(30)23-21-15-10-16-28(21)22(17-19-11-6-4-7-12-19)25(31)29(23)18-20-13-8-5-9-14-20/h4-16,22-23H,17-18H2,1-3H3,(H,27,30)/t22-,23+/m0/s1. The predicted molar refractivity (Wildman–Crippen MR) is 121 cm³/mol. The number of fused-ring (bicyclic) bond motifs is 1. The van der Waals surface area contributed by atoms with Gasteiger partial charge in [0.15, 0.2) is 6.04 Å². The van der Waals surface area contributed by atoms with Gasteiger partial charge in [0.05, 0.1) is 5.69 Å². The third kappa shape index (κ3) is 4.55. The molecule has 0 saturated carbocycles. The van der Waals surface area contributed by atoms with Gasteiger partial charge >= 0.3 is 0 Å². The third-order valence-electron chi connectivity index (χ3n) is 5.52. The van der Waals surface area contributed by atoms with Crippen molar-refractivity contribution in [2.45, 2.75) is 51.4 Å². The van der Waals surface area contributed by atoms with Crippen molar-refractivity contribution in [1.29, 1.82) is 0 Å². The van der Waals surface area contributed by atoms with Crippen LogP contribution in [0.5, 0.6) is 0 Å². The Balaban J connectivity index is 1.75. The summed E-state index contributed by atoms with van der Waals surface area (Å²) < 4.78 is 1.98. The molecule has 1 aliphatic heterocycles. The summed E-state index contributed by atoms with van der Waals surface area (Å²) in [6.45, 7) is 6.25. The molecule has 0 radical (unpaired) electrons. The molecule has 1 aliphatic rings. The van der Waals surface area contributed by atoms with Crippen LogP contribution in [0, 0.1) is 0 Å². The molecular formula is C26H29N3O2. The maximum absolute atomic E-state index is 13.8. The van der Waals surface area contributed by atoms with E-state index in [1.54, 1.807) is 4.90 Å². The van der Waals surface area contributed by atoms with Gasteiger partial charge in [0.25, 0.3) is 0 Å². The summed E-state index contributed by atoms with van der Waals surface area (Å²) in [4.78, 5) is 28.9. The van der Waals surface area contributed by atoms with Gasteiger partial charge in [-0.2, -0.15) is 0 Å². The third-order valence-corrected chi connectivity index (χ3v) is 5.52. The number of nitrogens with zero attached hydrogens (tertiary/aromatic N) is 2. The number of aromatic nitrogens is 1. The summed E-state index contributed by atoms with van der Waals surface area (Å²) in [6, 6.07) is 22.7. The van der Waals surface area contributed by atoms with Crippen molar-refractivity contribution in [3.05, 3.63) is 95.8 Å². The van der Waals surface area contributed by atoms with Crippen molar-refractivity contribution < 1.29 is 9.59 Å². The molecule has 4 rings (SSSR count). The van der Waals surface area contributed by atoms with Gasteiger partial charge < -0.3 is 14.8 Å². The number of benzene rings is 2. The van der Waals surface area contributed by atoms with E-state index in [1.165, 1.54) is 0 Å². The first kappa shape index (κ1) is 20.9. The normalized spacial score (nSPS) is 18.5. The maximum Gasteiger partial charge on any atom is 0.249 e. The zero-order valence-corrected chi connectivity index (χ0v) is 18.3. The first-order valence-electron chi connectivity index (χ1n) is 10.7. The Morgan fingerprint density at radius 1 is 0.903 bits per heavy atom. The van der Waals surface area contributed by atoms with Crippen LogP contribution in [-0.4, -0.2) is 26.8 Å². The molecule has 0 fully saturated rings. The zero-order chi connectivity index (χ0) is 22.0. The minimum Gasteiger partial charge on any atom is -0.349 e. The first-order chi connectivity index (χ1) is 14.8. The van der Waals surface area contributed by atoms with Gasteiger partial charge in [-0.25, -0.2) is 0 Å². The molecule has 2 atom stereocenters. The molecule has 1 N–H and O–H groups in total. The van der Waals surface area contributed by atoms with Crippen molar-refractivity contribution in [3.63, 3.8) is 0 Å². The van der Waals surface area contributed by atoms with Crippen LogP contribution in [0.2, 0.25) is 0 Å². The molecule has 5 nitrogen and oxygen atoms in total. The summed E-state index contributed by atoms with van der Waals surface area (Å²) in [5, 5.41) is 3.07. The van der Waals surface area contributed by atoms with Gasteiger partial charge in [-0.3, -0.25) is 9.59 Å². The number of carbonyl (C=O) groups is 2. The number of rotatable bonds is 5. The highest BCUT2D eigenvalue weighted by Gasteiger charge is 2.43. The lowest BCUT2D eigenvalue weighted by atomic mass is 9.97. The number of hydrogen-bond donors (Lipinski definition) is 1.